The number of thiophene rings is 1. The van der Waals surface area contributed by atoms with E-state index >= 15 is 0 Å². The lowest BCUT2D eigenvalue weighted by atomic mass is 10.1. The third-order valence-electron chi connectivity index (χ3n) is 3.31. The van der Waals surface area contributed by atoms with Crippen LogP contribution in [0, 0.1) is 0 Å². The predicted octanol–water partition coefficient (Wildman–Crippen LogP) is 3.63. The fourth-order valence-electron chi connectivity index (χ4n) is 2.27. The number of fused-ring (bicyclic) bond motifs is 3. The van der Waals surface area contributed by atoms with Crippen molar-refractivity contribution in [1.82, 2.24) is 0 Å². The zero-order valence-corrected chi connectivity index (χ0v) is 12.3. The van der Waals surface area contributed by atoms with E-state index in [-0.39, 0.29) is 11.9 Å². The van der Waals surface area contributed by atoms with Crippen LogP contribution in [-0.4, -0.2) is 26.2 Å². The smallest absolute Gasteiger partial charge is 0.337 e. The molecule has 0 unspecified atom stereocenters. The Balaban J connectivity index is 2.25. The van der Waals surface area contributed by atoms with Gasteiger partial charge in [0.15, 0.2) is 0 Å². The number of hydrogen-bond acceptors (Lipinski definition) is 5. The fraction of sp³-hybridized carbons (Fsp3) is 0.125. The lowest BCUT2D eigenvalue weighted by Crippen LogP contribution is -2.00. The summed E-state index contributed by atoms with van der Waals surface area (Å²) in [6, 6.07) is 10.9. The second kappa shape index (κ2) is 5.18. The minimum Gasteiger partial charge on any atom is -0.465 e. The van der Waals surface area contributed by atoms with Crippen molar-refractivity contribution in [2.45, 2.75) is 0 Å². The molecule has 0 amide bonds. The summed E-state index contributed by atoms with van der Waals surface area (Å²) < 4.78 is 11.6. The maximum atomic E-state index is 11.6. The largest absolute Gasteiger partial charge is 0.465 e. The Hall–Kier alpha value is -2.40. The monoisotopic (exact) mass is 300 g/mol. The average Bonchev–Trinajstić information content (AvgIpc) is 2.90. The van der Waals surface area contributed by atoms with Crippen molar-refractivity contribution in [2.75, 3.05) is 14.2 Å². The van der Waals surface area contributed by atoms with Crippen molar-refractivity contribution in [3.63, 3.8) is 0 Å². The Morgan fingerprint density at radius 2 is 1.24 bits per heavy atom. The lowest BCUT2D eigenvalue weighted by molar-refractivity contribution is 0.0592. The summed E-state index contributed by atoms with van der Waals surface area (Å²) in [6.45, 7) is 0. The van der Waals surface area contributed by atoms with Gasteiger partial charge in [-0.15, -0.1) is 11.3 Å². The van der Waals surface area contributed by atoms with Crippen LogP contribution < -0.4 is 0 Å². The van der Waals surface area contributed by atoms with Crippen LogP contribution in [0.25, 0.3) is 20.2 Å². The zero-order chi connectivity index (χ0) is 15.0. The van der Waals surface area contributed by atoms with Crippen molar-refractivity contribution in [2.24, 2.45) is 0 Å². The van der Waals surface area contributed by atoms with Gasteiger partial charge in [0.2, 0.25) is 0 Å². The van der Waals surface area contributed by atoms with Crippen LogP contribution in [0.4, 0.5) is 0 Å². The summed E-state index contributed by atoms with van der Waals surface area (Å²) in [7, 11) is 2.71. The van der Waals surface area contributed by atoms with E-state index in [0.29, 0.717) is 11.1 Å². The SMILES string of the molecule is COC(=O)c1ccc2sc3ccc(C(=O)OC)cc3c2c1. The second-order valence-corrected chi connectivity index (χ2v) is 5.59. The lowest BCUT2D eigenvalue weighted by Gasteiger charge is -2.01. The summed E-state index contributed by atoms with van der Waals surface area (Å²) in [4.78, 5) is 23.3. The number of rotatable bonds is 2. The van der Waals surface area contributed by atoms with Crippen molar-refractivity contribution >= 4 is 43.4 Å². The van der Waals surface area contributed by atoms with Gasteiger partial charge < -0.3 is 9.47 Å². The normalized spacial score (nSPS) is 10.8. The first-order chi connectivity index (χ1) is 10.1. The van der Waals surface area contributed by atoms with E-state index in [1.165, 1.54) is 14.2 Å². The van der Waals surface area contributed by atoms with E-state index in [4.69, 9.17) is 9.47 Å². The third kappa shape index (κ3) is 2.25. The molecule has 0 radical (unpaired) electrons. The molecule has 2 aromatic carbocycles. The standard InChI is InChI=1S/C16H12O4S/c1-19-15(17)9-3-5-13-11(7-9)12-8-10(16(18)20-2)4-6-14(12)21-13/h3-8H,1-2H3. The minimum absolute atomic E-state index is 0.375. The van der Waals surface area contributed by atoms with Gasteiger partial charge in [-0.2, -0.15) is 0 Å². The molecule has 0 saturated carbocycles. The molecule has 3 aromatic rings. The molecule has 1 heterocycles. The molecule has 0 aliphatic rings. The molecule has 0 fully saturated rings. The van der Waals surface area contributed by atoms with Crippen LogP contribution in [0.2, 0.25) is 0 Å². The highest BCUT2D eigenvalue weighted by atomic mass is 32.1. The van der Waals surface area contributed by atoms with Gasteiger partial charge in [0.05, 0.1) is 25.3 Å². The summed E-state index contributed by atoms with van der Waals surface area (Å²) in [5.41, 5.74) is 0.987. The summed E-state index contributed by atoms with van der Waals surface area (Å²) in [5, 5.41) is 1.87. The molecular weight excluding hydrogens is 288 g/mol. The number of esters is 2. The Morgan fingerprint density at radius 1 is 0.810 bits per heavy atom. The molecular formula is C16H12O4S. The van der Waals surface area contributed by atoms with Crippen LogP contribution >= 0.6 is 11.3 Å². The molecule has 0 atom stereocenters. The summed E-state index contributed by atoms with van der Waals surface area (Å²) >= 11 is 1.61. The van der Waals surface area contributed by atoms with E-state index in [9.17, 15) is 9.59 Å². The molecule has 0 bridgehead atoms. The number of methoxy groups -OCH3 is 2. The van der Waals surface area contributed by atoms with E-state index in [1.807, 2.05) is 12.1 Å². The first-order valence-corrected chi connectivity index (χ1v) is 7.08. The number of benzene rings is 2. The molecule has 1 aromatic heterocycles. The molecule has 0 aliphatic heterocycles. The van der Waals surface area contributed by atoms with Gasteiger partial charge in [-0.1, -0.05) is 0 Å². The molecule has 0 aliphatic carbocycles. The van der Waals surface area contributed by atoms with Crippen LogP contribution in [0.5, 0.6) is 0 Å². The quantitative estimate of drug-likeness (QED) is 0.678. The molecule has 106 valence electrons. The molecule has 0 saturated heterocycles. The Kier molecular flexibility index (Phi) is 3.35. The molecule has 0 spiro atoms. The highest BCUT2D eigenvalue weighted by molar-refractivity contribution is 7.25. The number of carbonyl (C=O) groups excluding carboxylic acids is 2. The van der Waals surface area contributed by atoms with Gasteiger partial charge in [-0.3, -0.25) is 0 Å². The van der Waals surface area contributed by atoms with E-state index in [0.717, 1.165) is 20.2 Å². The topological polar surface area (TPSA) is 52.6 Å². The molecule has 4 nitrogen and oxygen atoms in total. The molecule has 3 rings (SSSR count). The molecule has 5 heteroatoms. The fourth-order valence-corrected chi connectivity index (χ4v) is 3.33. The maximum Gasteiger partial charge on any atom is 0.337 e. The second-order valence-electron chi connectivity index (χ2n) is 4.51. The summed E-state index contributed by atoms with van der Waals surface area (Å²) in [6.07, 6.45) is 0. The predicted molar refractivity (Wildman–Crippen MR) is 82.0 cm³/mol. The van der Waals surface area contributed by atoms with Crippen molar-refractivity contribution in [1.29, 1.82) is 0 Å². The van der Waals surface area contributed by atoms with Crippen LogP contribution in [0.15, 0.2) is 36.4 Å². The highest BCUT2D eigenvalue weighted by Gasteiger charge is 2.12. The van der Waals surface area contributed by atoms with Gasteiger partial charge in [0.1, 0.15) is 0 Å². The number of carbonyl (C=O) groups is 2. The average molecular weight is 300 g/mol. The number of hydrogen-bond donors (Lipinski definition) is 0. The van der Waals surface area contributed by atoms with Gasteiger partial charge in [-0.25, -0.2) is 9.59 Å². The van der Waals surface area contributed by atoms with E-state index in [2.05, 4.69) is 0 Å². The van der Waals surface area contributed by atoms with Crippen LogP contribution in [0.3, 0.4) is 0 Å². The van der Waals surface area contributed by atoms with Crippen LogP contribution in [0.1, 0.15) is 20.7 Å². The molecule has 0 N–H and O–H groups in total. The van der Waals surface area contributed by atoms with Gasteiger partial charge in [0, 0.05) is 20.2 Å². The zero-order valence-electron chi connectivity index (χ0n) is 11.5. The van der Waals surface area contributed by atoms with Gasteiger partial charge >= 0.3 is 11.9 Å². The van der Waals surface area contributed by atoms with E-state index < -0.39 is 0 Å². The maximum absolute atomic E-state index is 11.6. The number of ether oxygens (including phenoxy) is 2. The Labute approximate surface area is 124 Å². The Bertz CT molecular complexity index is 793. The first-order valence-electron chi connectivity index (χ1n) is 6.27. The highest BCUT2D eigenvalue weighted by Crippen LogP contribution is 2.35. The minimum atomic E-state index is -0.375. The third-order valence-corrected chi connectivity index (χ3v) is 4.46. The van der Waals surface area contributed by atoms with Crippen LogP contribution in [-0.2, 0) is 9.47 Å². The van der Waals surface area contributed by atoms with Crippen molar-refractivity contribution in [3.05, 3.63) is 47.5 Å². The van der Waals surface area contributed by atoms with Crippen molar-refractivity contribution in [3.8, 4) is 0 Å². The van der Waals surface area contributed by atoms with Gasteiger partial charge in [0.25, 0.3) is 0 Å². The first kappa shape index (κ1) is 13.6. The Morgan fingerprint density at radius 3 is 1.62 bits per heavy atom. The van der Waals surface area contributed by atoms with E-state index in [1.54, 1.807) is 35.6 Å². The van der Waals surface area contributed by atoms with Crippen molar-refractivity contribution < 1.29 is 19.1 Å². The molecule has 21 heavy (non-hydrogen) atoms. The van der Waals surface area contributed by atoms with Gasteiger partial charge in [-0.05, 0) is 36.4 Å². The summed E-state index contributed by atoms with van der Waals surface area (Å²) in [5.74, 6) is -0.749.